The highest BCUT2D eigenvalue weighted by Crippen LogP contribution is 2.05. The molecule has 0 aliphatic rings. The third-order valence-corrected chi connectivity index (χ3v) is 2.05. The van der Waals surface area contributed by atoms with Gasteiger partial charge in [-0.3, -0.25) is 5.32 Å². The van der Waals surface area contributed by atoms with Crippen LogP contribution in [0.2, 0.25) is 0 Å². The first-order valence-electron chi connectivity index (χ1n) is 4.88. The highest BCUT2D eigenvalue weighted by Gasteiger charge is 2.01. The fourth-order valence-corrected chi connectivity index (χ4v) is 1.21. The van der Waals surface area contributed by atoms with Gasteiger partial charge in [-0.15, -0.1) is 0 Å². The molecule has 3 N–H and O–H groups in total. The molecule has 0 aromatic heterocycles. The van der Waals surface area contributed by atoms with Gasteiger partial charge in [0.2, 0.25) is 0 Å². The fraction of sp³-hybridized carbons (Fsp3) is 0.455. The van der Waals surface area contributed by atoms with Crippen molar-refractivity contribution in [2.24, 2.45) is 5.73 Å². The average molecular weight is 178 g/mol. The third-order valence-electron chi connectivity index (χ3n) is 2.05. The molecule has 0 aliphatic heterocycles. The van der Waals surface area contributed by atoms with E-state index in [4.69, 9.17) is 5.73 Å². The van der Waals surface area contributed by atoms with E-state index < -0.39 is 0 Å². The molecule has 0 amide bonds. The van der Waals surface area contributed by atoms with Crippen LogP contribution in [0.3, 0.4) is 0 Å². The van der Waals surface area contributed by atoms with Crippen LogP contribution in [0.15, 0.2) is 30.3 Å². The fourth-order valence-electron chi connectivity index (χ4n) is 1.21. The van der Waals surface area contributed by atoms with Crippen molar-refractivity contribution in [2.75, 3.05) is 6.54 Å². The molecular weight excluding hydrogens is 160 g/mol. The van der Waals surface area contributed by atoms with Crippen molar-refractivity contribution in [1.29, 1.82) is 0 Å². The molecule has 1 aromatic rings. The first kappa shape index (κ1) is 10.2. The molecule has 0 saturated heterocycles. The molecule has 2 nitrogen and oxygen atoms in total. The van der Waals surface area contributed by atoms with E-state index in [9.17, 15) is 0 Å². The van der Waals surface area contributed by atoms with Crippen LogP contribution in [0.5, 0.6) is 0 Å². The van der Waals surface area contributed by atoms with Crippen molar-refractivity contribution in [2.45, 2.75) is 25.9 Å². The van der Waals surface area contributed by atoms with Gasteiger partial charge in [0.15, 0.2) is 0 Å². The van der Waals surface area contributed by atoms with Crippen molar-refractivity contribution in [3.8, 4) is 0 Å². The summed E-state index contributed by atoms with van der Waals surface area (Å²) in [6, 6.07) is 10.1. The van der Waals surface area contributed by atoms with E-state index in [-0.39, 0.29) is 6.17 Å². The zero-order valence-electron chi connectivity index (χ0n) is 8.16. The van der Waals surface area contributed by atoms with Gasteiger partial charge in [-0.1, -0.05) is 43.7 Å². The van der Waals surface area contributed by atoms with Crippen molar-refractivity contribution < 1.29 is 0 Å². The molecule has 1 rings (SSSR count). The normalized spacial score (nSPS) is 12.8. The molecule has 0 heterocycles. The van der Waals surface area contributed by atoms with Gasteiger partial charge in [0.05, 0.1) is 6.17 Å². The molecule has 0 spiro atoms. The summed E-state index contributed by atoms with van der Waals surface area (Å²) in [6.07, 6.45) is 2.36. The molecule has 1 unspecified atom stereocenters. The number of unbranched alkanes of at least 4 members (excludes halogenated alkanes) is 1. The van der Waals surface area contributed by atoms with Crippen LogP contribution >= 0.6 is 0 Å². The maximum atomic E-state index is 5.92. The first-order chi connectivity index (χ1) is 6.34. The Bertz CT molecular complexity index is 221. The van der Waals surface area contributed by atoms with Gasteiger partial charge < -0.3 is 5.73 Å². The van der Waals surface area contributed by atoms with Gasteiger partial charge in [-0.05, 0) is 18.5 Å². The molecular formula is C11H18N2. The maximum absolute atomic E-state index is 5.92. The van der Waals surface area contributed by atoms with Crippen LogP contribution in [-0.2, 0) is 0 Å². The highest BCUT2D eigenvalue weighted by atomic mass is 15.0. The van der Waals surface area contributed by atoms with Gasteiger partial charge in [0.25, 0.3) is 0 Å². The predicted molar refractivity (Wildman–Crippen MR) is 56.3 cm³/mol. The Morgan fingerprint density at radius 1 is 1.31 bits per heavy atom. The zero-order chi connectivity index (χ0) is 9.52. The lowest BCUT2D eigenvalue weighted by atomic mass is 10.2. The number of nitrogens with two attached hydrogens (primary N) is 1. The van der Waals surface area contributed by atoms with E-state index in [1.165, 1.54) is 12.8 Å². The molecule has 0 fully saturated rings. The summed E-state index contributed by atoms with van der Waals surface area (Å²) in [4.78, 5) is 0. The molecule has 13 heavy (non-hydrogen) atoms. The standard InChI is InChI=1S/C11H18N2/c1-2-3-9-13-11(12)10-7-5-4-6-8-10/h4-8,11,13H,2-3,9,12H2,1H3. The molecule has 0 saturated carbocycles. The van der Waals surface area contributed by atoms with Crippen LogP contribution in [0, 0.1) is 0 Å². The Labute approximate surface area is 80.1 Å². The van der Waals surface area contributed by atoms with Gasteiger partial charge in [-0.25, -0.2) is 0 Å². The maximum Gasteiger partial charge on any atom is 0.0810 e. The average Bonchev–Trinajstić information content (AvgIpc) is 2.19. The SMILES string of the molecule is CCCCNC(N)c1ccccc1. The number of hydrogen-bond acceptors (Lipinski definition) is 2. The Balaban J connectivity index is 2.35. The van der Waals surface area contributed by atoms with E-state index >= 15 is 0 Å². The van der Waals surface area contributed by atoms with Crippen LogP contribution in [0.25, 0.3) is 0 Å². The second-order valence-corrected chi connectivity index (χ2v) is 3.20. The monoisotopic (exact) mass is 178 g/mol. The Morgan fingerprint density at radius 2 is 2.00 bits per heavy atom. The van der Waals surface area contributed by atoms with Crippen molar-refractivity contribution in [3.05, 3.63) is 35.9 Å². The van der Waals surface area contributed by atoms with E-state index in [2.05, 4.69) is 12.2 Å². The zero-order valence-corrected chi connectivity index (χ0v) is 8.16. The lowest BCUT2D eigenvalue weighted by Crippen LogP contribution is -2.29. The van der Waals surface area contributed by atoms with Crippen LogP contribution in [0.1, 0.15) is 31.5 Å². The van der Waals surface area contributed by atoms with Crippen molar-refractivity contribution >= 4 is 0 Å². The van der Waals surface area contributed by atoms with Crippen LogP contribution in [-0.4, -0.2) is 6.54 Å². The molecule has 72 valence electrons. The summed E-state index contributed by atoms with van der Waals surface area (Å²) in [7, 11) is 0. The minimum absolute atomic E-state index is 0.0206. The van der Waals surface area contributed by atoms with Crippen molar-refractivity contribution in [1.82, 2.24) is 5.32 Å². The lowest BCUT2D eigenvalue weighted by molar-refractivity contribution is 0.536. The lowest BCUT2D eigenvalue weighted by Gasteiger charge is -2.13. The second kappa shape index (κ2) is 5.73. The Kier molecular flexibility index (Phi) is 4.50. The number of nitrogens with one attached hydrogen (secondary N) is 1. The predicted octanol–water partition coefficient (Wildman–Crippen LogP) is 2.03. The number of rotatable bonds is 5. The second-order valence-electron chi connectivity index (χ2n) is 3.20. The largest absolute Gasteiger partial charge is 0.312 e. The molecule has 1 aromatic carbocycles. The molecule has 2 heteroatoms. The summed E-state index contributed by atoms with van der Waals surface area (Å²) >= 11 is 0. The summed E-state index contributed by atoms with van der Waals surface area (Å²) in [5.41, 5.74) is 7.08. The van der Waals surface area contributed by atoms with Gasteiger partial charge in [-0.2, -0.15) is 0 Å². The Hall–Kier alpha value is -0.860. The van der Waals surface area contributed by atoms with E-state index in [0.717, 1.165) is 12.1 Å². The Morgan fingerprint density at radius 3 is 2.62 bits per heavy atom. The van der Waals surface area contributed by atoms with E-state index in [1.54, 1.807) is 0 Å². The summed E-state index contributed by atoms with van der Waals surface area (Å²) < 4.78 is 0. The molecule has 1 atom stereocenters. The molecule has 0 bridgehead atoms. The summed E-state index contributed by atoms with van der Waals surface area (Å²) in [6.45, 7) is 3.17. The summed E-state index contributed by atoms with van der Waals surface area (Å²) in [5.74, 6) is 0. The van der Waals surface area contributed by atoms with Gasteiger partial charge >= 0.3 is 0 Å². The third kappa shape index (κ3) is 3.57. The number of benzene rings is 1. The quantitative estimate of drug-likeness (QED) is 0.535. The highest BCUT2D eigenvalue weighted by molar-refractivity contribution is 5.17. The smallest absolute Gasteiger partial charge is 0.0810 e. The topological polar surface area (TPSA) is 38.0 Å². The molecule has 0 aliphatic carbocycles. The van der Waals surface area contributed by atoms with Crippen LogP contribution < -0.4 is 11.1 Å². The van der Waals surface area contributed by atoms with Crippen molar-refractivity contribution in [3.63, 3.8) is 0 Å². The van der Waals surface area contributed by atoms with Gasteiger partial charge in [0, 0.05) is 0 Å². The minimum Gasteiger partial charge on any atom is -0.312 e. The minimum atomic E-state index is -0.0206. The van der Waals surface area contributed by atoms with Crippen LogP contribution in [0.4, 0.5) is 0 Å². The van der Waals surface area contributed by atoms with Gasteiger partial charge in [0.1, 0.15) is 0 Å². The van der Waals surface area contributed by atoms with E-state index in [0.29, 0.717) is 0 Å². The van der Waals surface area contributed by atoms with E-state index in [1.807, 2.05) is 30.3 Å². The first-order valence-corrected chi connectivity index (χ1v) is 4.88. The summed E-state index contributed by atoms with van der Waals surface area (Å²) in [5, 5.41) is 3.28. The molecule has 0 radical (unpaired) electrons. The number of hydrogen-bond donors (Lipinski definition) is 2.